The van der Waals surface area contributed by atoms with Crippen molar-refractivity contribution in [3.05, 3.63) is 34.1 Å². The van der Waals surface area contributed by atoms with Gasteiger partial charge in [0.25, 0.3) is 0 Å². The van der Waals surface area contributed by atoms with Crippen molar-refractivity contribution in [3.8, 4) is 0 Å². The number of nitrogens with one attached hydrogen (secondary N) is 1. The Morgan fingerprint density at radius 1 is 1.24 bits per heavy atom. The van der Waals surface area contributed by atoms with Gasteiger partial charge in [-0.1, -0.05) is 22.0 Å². The normalized spacial score (nSPS) is 18.7. The zero-order valence-electron chi connectivity index (χ0n) is 11.4. The van der Waals surface area contributed by atoms with E-state index in [1.54, 1.807) is 12.1 Å². The summed E-state index contributed by atoms with van der Waals surface area (Å²) in [6.07, 6.45) is -5.28. The third-order valence-corrected chi connectivity index (χ3v) is 4.32. The first-order valence-electron chi connectivity index (χ1n) is 6.84. The van der Waals surface area contributed by atoms with Gasteiger partial charge in [0.15, 0.2) is 0 Å². The number of hydrogen-bond donors (Lipinski definition) is 1. The highest BCUT2D eigenvalue weighted by Crippen LogP contribution is 2.36. The second-order valence-electron chi connectivity index (χ2n) is 5.09. The number of halogens is 5. The van der Waals surface area contributed by atoms with Crippen LogP contribution in [0.15, 0.2) is 22.7 Å². The first-order valence-corrected chi connectivity index (χ1v) is 7.63. The van der Waals surface area contributed by atoms with Gasteiger partial charge in [-0.15, -0.1) is 0 Å². The van der Waals surface area contributed by atoms with E-state index in [-0.39, 0.29) is 6.42 Å². The van der Waals surface area contributed by atoms with Gasteiger partial charge in [0.1, 0.15) is 5.82 Å². The fourth-order valence-corrected chi connectivity index (χ4v) is 3.24. The van der Waals surface area contributed by atoms with Crippen molar-refractivity contribution in [3.63, 3.8) is 0 Å². The van der Waals surface area contributed by atoms with E-state index in [4.69, 9.17) is 0 Å². The second-order valence-corrected chi connectivity index (χ2v) is 5.95. The number of alkyl halides is 3. The average molecular weight is 369 g/mol. The van der Waals surface area contributed by atoms with Crippen LogP contribution in [0.25, 0.3) is 0 Å². The lowest BCUT2D eigenvalue weighted by molar-refractivity contribution is -0.138. The van der Waals surface area contributed by atoms with Crippen LogP contribution in [0.4, 0.5) is 17.6 Å². The lowest BCUT2D eigenvalue weighted by Crippen LogP contribution is -2.45. The lowest BCUT2D eigenvalue weighted by Gasteiger charge is -2.36. The summed E-state index contributed by atoms with van der Waals surface area (Å²) in [7, 11) is 0. The molecule has 0 amide bonds. The molecular formula is C14H17BrF4N2. The van der Waals surface area contributed by atoms with Crippen LogP contribution in [0.2, 0.25) is 0 Å². The van der Waals surface area contributed by atoms with Crippen molar-refractivity contribution in [2.24, 2.45) is 0 Å². The van der Waals surface area contributed by atoms with Crippen LogP contribution in [-0.2, 0) is 0 Å². The number of benzene rings is 1. The summed E-state index contributed by atoms with van der Waals surface area (Å²) in [4.78, 5) is 1.92. The number of nitrogens with zero attached hydrogens (tertiary/aromatic N) is 1. The third kappa shape index (κ3) is 4.66. The van der Waals surface area contributed by atoms with E-state index in [0.29, 0.717) is 36.2 Å². The number of rotatable bonds is 4. The summed E-state index contributed by atoms with van der Waals surface area (Å²) in [6, 6.07) is 3.94. The maximum Gasteiger partial charge on any atom is 0.389 e. The smallest absolute Gasteiger partial charge is 0.314 e. The van der Waals surface area contributed by atoms with Crippen molar-refractivity contribution < 1.29 is 17.6 Å². The molecule has 1 aromatic rings. The fourth-order valence-electron chi connectivity index (χ4n) is 2.63. The van der Waals surface area contributed by atoms with Gasteiger partial charge >= 0.3 is 6.18 Å². The summed E-state index contributed by atoms with van der Waals surface area (Å²) < 4.78 is 52.3. The highest BCUT2D eigenvalue weighted by molar-refractivity contribution is 9.10. The van der Waals surface area contributed by atoms with Gasteiger partial charge < -0.3 is 5.32 Å². The summed E-state index contributed by atoms with van der Waals surface area (Å²) in [6.45, 7) is 2.63. The molecule has 1 aliphatic heterocycles. The third-order valence-electron chi connectivity index (χ3n) is 3.63. The van der Waals surface area contributed by atoms with Gasteiger partial charge in [0.05, 0.1) is 0 Å². The van der Waals surface area contributed by atoms with Gasteiger partial charge in [-0.3, -0.25) is 4.90 Å². The van der Waals surface area contributed by atoms with E-state index in [1.807, 2.05) is 4.90 Å². The predicted molar refractivity (Wildman–Crippen MR) is 76.6 cm³/mol. The van der Waals surface area contributed by atoms with Crippen LogP contribution in [0.1, 0.15) is 24.4 Å². The van der Waals surface area contributed by atoms with Crippen molar-refractivity contribution in [1.29, 1.82) is 0 Å². The highest BCUT2D eigenvalue weighted by Gasteiger charge is 2.33. The first-order chi connectivity index (χ1) is 9.88. The molecule has 21 heavy (non-hydrogen) atoms. The summed E-state index contributed by atoms with van der Waals surface area (Å²) >= 11 is 3.27. The highest BCUT2D eigenvalue weighted by atomic mass is 79.9. The zero-order chi connectivity index (χ0) is 15.5. The van der Waals surface area contributed by atoms with Crippen molar-refractivity contribution >= 4 is 15.9 Å². The molecule has 0 bridgehead atoms. The van der Waals surface area contributed by atoms with Gasteiger partial charge in [-0.2, -0.15) is 13.2 Å². The minimum absolute atomic E-state index is 0.136. The minimum atomic E-state index is -4.23. The van der Waals surface area contributed by atoms with E-state index in [0.717, 1.165) is 0 Å². The molecule has 1 aliphatic rings. The topological polar surface area (TPSA) is 15.3 Å². The molecule has 1 fully saturated rings. The van der Waals surface area contributed by atoms with Crippen LogP contribution >= 0.6 is 15.9 Å². The predicted octanol–water partition coefficient (Wildman–Crippen LogP) is 3.88. The maximum atomic E-state index is 14.1. The Morgan fingerprint density at radius 3 is 2.48 bits per heavy atom. The quantitative estimate of drug-likeness (QED) is 0.811. The van der Waals surface area contributed by atoms with E-state index in [9.17, 15) is 17.6 Å². The zero-order valence-corrected chi connectivity index (χ0v) is 13.0. The Kier molecular flexibility index (Phi) is 5.62. The van der Waals surface area contributed by atoms with Crippen LogP contribution in [0.3, 0.4) is 0 Å². The molecular weight excluding hydrogens is 352 g/mol. The fraction of sp³-hybridized carbons (Fsp3) is 0.571. The molecule has 2 rings (SSSR count). The van der Waals surface area contributed by atoms with E-state index in [1.165, 1.54) is 6.07 Å². The largest absolute Gasteiger partial charge is 0.389 e. The minimum Gasteiger partial charge on any atom is -0.314 e. The average Bonchev–Trinajstić information content (AvgIpc) is 2.42. The van der Waals surface area contributed by atoms with Gasteiger partial charge in [0, 0.05) is 48.7 Å². The first kappa shape index (κ1) is 16.7. The maximum absolute atomic E-state index is 14.1. The van der Waals surface area contributed by atoms with E-state index < -0.39 is 24.5 Å². The van der Waals surface area contributed by atoms with E-state index in [2.05, 4.69) is 21.2 Å². The van der Waals surface area contributed by atoms with Crippen molar-refractivity contribution in [2.75, 3.05) is 26.2 Å². The molecule has 0 unspecified atom stereocenters. The molecule has 1 N–H and O–H groups in total. The number of hydrogen-bond acceptors (Lipinski definition) is 2. The van der Waals surface area contributed by atoms with Crippen molar-refractivity contribution in [1.82, 2.24) is 10.2 Å². The lowest BCUT2D eigenvalue weighted by atomic mass is 9.98. The van der Waals surface area contributed by atoms with Crippen LogP contribution in [-0.4, -0.2) is 37.3 Å². The molecule has 118 valence electrons. The molecule has 0 radical (unpaired) electrons. The molecule has 0 aromatic heterocycles. The van der Waals surface area contributed by atoms with Crippen LogP contribution < -0.4 is 5.32 Å². The SMILES string of the molecule is Fc1cccc(Br)c1[C@H](CCC(F)(F)F)N1CCNCC1. The van der Waals surface area contributed by atoms with Crippen molar-refractivity contribution in [2.45, 2.75) is 25.1 Å². The Hall–Kier alpha value is -0.660. The molecule has 1 heterocycles. The Bertz CT molecular complexity index is 452. The molecule has 0 spiro atoms. The molecule has 0 saturated carbocycles. The summed E-state index contributed by atoms with van der Waals surface area (Å²) in [5.41, 5.74) is 0.323. The standard InChI is InChI=1S/C14H17BrF4N2/c15-10-2-1-3-11(16)13(10)12(4-5-14(17,18)19)21-8-6-20-7-9-21/h1-3,12,20H,4-9H2/t12-/m0/s1. The van der Waals surface area contributed by atoms with Crippen LogP contribution in [0, 0.1) is 5.82 Å². The summed E-state index contributed by atoms with van der Waals surface area (Å²) in [5, 5.41) is 3.15. The van der Waals surface area contributed by atoms with Crippen LogP contribution in [0.5, 0.6) is 0 Å². The Balaban J connectivity index is 2.26. The van der Waals surface area contributed by atoms with Gasteiger partial charge in [0.2, 0.25) is 0 Å². The van der Waals surface area contributed by atoms with Gasteiger partial charge in [-0.25, -0.2) is 4.39 Å². The van der Waals surface area contributed by atoms with E-state index >= 15 is 0 Å². The monoisotopic (exact) mass is 368 g/mol. The Morgan fingerprint density at radius 2 is 1.90 bits per heavy atom. The molecule has 0 aliphatic carbocycles. The Labute approximate surface area is 129 Å². The molecule has 1 atom stereocenters. The second kappa shape index (κ2) is 7.07. The van der Waals surface area contributed by atoms with Gasteiger partial charge in [-0.05, 0) is 18.6 Å². The molecule has 1 saturated heterocycles. The molecule has 1 aromatic carbocycles. The summed E-state index contributed by atoms with van der Waals surface area (Å²) in [5.74, 6) is -0.463. The number of piperazine rings is 1. The molecule has 2 nitrogen and oxygen atoms in total. The molecule has 7 heteroatoms.